The van der Waals surface area contributed by atoms with Gasteiger partial charge in [0.05, 0.1) is 29.8 Å². The van der Waals surface area contributed by atoms with E-state index >= 15 is 0 Å². The molecule has 1 aliphatic carbocycles. The maximum atomic E-state index is 13.3. The molecule has 3 N–H and O–H groups in total. The van der Waals surface area contributed by atoms with E-state index in [1.165, 1.54) is 38.0 Å². The third kappa shape index (κ3) is 7.37. The third-order valence-corrected chi connectivity index (χ3v) is 9.23. The normalized spacial score (nSPS) is 15.8. The predicted molar refractivity (Wildman–Crippen MR) is 147 cm³/mol. The van der Waals surface area contributed by atoms with Gasteiger partial charge in [-0.3, -0.25) is 9.59 Å². The summed E-state index contributed by atoms with van der Waals surface area (Å²) in [5.41, 5.74) is 2.04. The van der Waals surface area contributed by atoms with Crippen LogP contribution >= 0.6 is 11.8 Å². The minimum atomic E-state index is -4.38. The molecule has 39 heavy (non-hydrogen) atoms. The summed E-state index contributed by atoms with van der Waals surface area (Å²) in [5.74, 6) is -0.212. The van der Waals surface area contributed by atoms with Crippen LogP contribution in [0.5, 0.6) is 5.75 Å². The van der Waals surface area contributed by atoms with Crippen molar-refractivity contribution in [2.45, 2.75) is 55.5 Å². The highest BCUT2D eigenvalue weighted by molar-refractivity contribution is 7.99. The summed E-state index contributed by atoms with van der Waals surface area (Å²) in [6, 6.07) is 10.3. The number of carbonyl (C=O) groups excluding carboxylic acids is 2. The zero-order chi connectivity index (χ0) is 28.2. The minimum absolute atomic E-state index is 0.0531. The standard InChI is InChI=1S/C26H30N4O7S2/c1-16(26(38-14-18-7-8-18)30-15-27-21-5-3-4-6-22(21)30)37-23-11-19(28-17(2)32)9-10-24(23)39(35,36)29-20(13-31)12-25(33)34/h3-6,9-11,13,15-16,18,20,26,29H,7-8,12,14H2,1-2H3,(H,28,32)(H,33,34)/t16-,20?,26?/m1/s1. The maximum Gasteiger partial charge on any atom is 0.305 e. The molecule has 2 unspecified atom stereocenters. The van der Waals surface area contributed by atoms with Gasteiger partial charge in [-0.1, -0.05) is 12.1 Å². The Labute approximate surface area is 230 Å². The number of carboxylic acids is 1. The number of imidazole rings is 1. The molecule has 0 bridgehead atoms. The largest absolute Gasteiger partial charge is 0.486 e. The summed E-state index contributed by atoms with van der Waals surface area (Å²) >= 11 is 1.69. The van der Waals surface area contributed by atoms with Crippen molar-refractivity contribution in [3.05, 3.63) is 48.8 Å². The molecule has 1 heterocycles. The number of fused-ring (bicyclic) bond motifs is 1. The zero-order valence-corrected chi connectivity index (χ0v) is 23.1. The van der Waals surface area contributed by atoms with Gasteiger partial charge >= 0.3 is 5.97 Å². The van der Waals surface area contributed by atoms with Crippen LogP contribution in [-0.2, 0) is 24.4 Å². The number of para-hydroxylation sites is 2. The van der Waals surface area contributed by atoms with E-state index in [0.717, 1.165) is 16.8 Å². The monoisotopic (exact) mass is 574 g/mol. The Morgan fingerprint density at radius 3 is 2.67 bits per heavy atom. The molecule has 0 spiro atoms. The first-order chi connectivity index (χ1) is 18.6. The molecule has 1 amide bonds. The lowest BCUT2D eigenvalue weighted by molar-refractivity contribution is -0.138. The van der Waals surface area contributed by atoms with E-state index in [9.17, 15) is 22.8 Å². The number of benzene rings is 2. The van der Waals surface area contributed by atoms with E-state index in [2.05, 4.69) is 15.0 Å². The van der Waals surface area contributed by atoms with Crippen molar-refractivity contribution < 1.29 is 32.6 Å². The molecule has 1 aliphatic rings. The van der Waals surface area contributed by atoms with Gasteiger partial charge in [0.15, 0.2) is 0 Å². The van der Waals surface area contributed by atoms with Gasteiger partial charge in [0, 0.05) is 18.7 Å². The van der Waals surface area contributed by atoms with Crippen molar-refractivity contribution in [1.82, 2.24) is 14.3 Å². The summed E-state index contributed by atoms with van der Waals surface area (Å²) in [5, 5.41) is 11.4. The molecule has 11 nitrogen and oxygen atoms in total. The molecule has 0 aliphatic heterocycles. The number of aromatic nitrogens is 2. The topological polar surface area (TPSA) is 157 Å². The Balaban J connectivity index is 1.69. The Morgan fingerprint density at radius 1 is 1.26 bits per heavy atom. The van der Waals surface area contributed by atoms with Crippen LogP contribution < -0.4 is 14.8 Å². The predicted octanol–water partition coefficient (Wildman–Crippen LogP) is 3.42. The summed E-state index contributed by atoms with van der Waals surface area (Å²) in [6.45, 7) is 3.15. The molecule has 1 aromatic heterocycles. The molecule has 3 atom stereocenters. The number of carbonyl (C=O) groups is 3. The summed E-state index contributed by atoms with van der Waals surface area (Å²) in [6.07, 6.45) is 3.03. The van der Waals surface area contributed by atoms with Crippen molar-refractivity contribution in [3.63, 3.8) is 0 Å². The van der Waals surface area contributed by atoms with Crippen LogP contribution in [0.4, 0.5) is 5.69 Å². The fraction of sp³-hybridized carbons (Fsp3) is 0.385. The second kappa shape index (κ2) is 12.2. The molecule has 2 aromatic carbocycles. The third-order valence-electron chi connectivity index (χ3n) is 6.09. The van der Waals surface area contributed by atoms with E-state index in [-0.39, 0.29) is 28.2 Å². The number of amides is 1. The van der Waals surface area contributed by atoms with Crippen LogP contribution in [0, 0.1) is 5.92 Å². The van der Waals surface area contributed by atoms with Crippen LogP contribution in [0.15, 0.2) is 53.7 Å². The number of hydrogen-bond donors (Lipinski definition) is 3. The lowest BCUT2D eigenvalue weighted by Gasteiger charge is -2.27. The Hall–Kier alpha value is -3.42. The van der Waals surface area contributed by atoms with E-state index < -0.39 is 34.6 Å². The second-order valence-electron chi connectivity index (χ2n) is 9.44. The fourth-order valence-electron chi connectivity index (χ4n) is 4.07. The first-order valence-electron chi connectivity index (χ1n) is 12.4. The molecular formula is C26H30N4O7S2. The van der Waals surface area contributed by atoms with E-state index in [4.69, 9.17) is 9.84 Å². The minimum Gasteiger partial charge on any atom is -0.486 e. The van der Waals surface area contributed by atoms with Crippen LogP contribution in [0.1, 0.15) is 38.5 Å². The lowest BCUT2D eigenvalue weighted by atomic mass is 10.2. The lowest BCUT2D eigenvalue weighted by Crippen LogP contribution is -2.38. The Morgan fingerprint density at radius 2 is 2.00 bits per heavy atom. The number of sulfonamides is 1. The highest BCUT2D eigenvalue weighted by Gasteiger charge is 2.31. The average Bonchev–Trinajstić information content (AvgIpc) is 3.60. The van der Waals surface area contributed by atoms with Crippen molar-refractivity contribution in [2.24, 2.45) is 5.92 Å². The second-order valence-corrected chi connectivity index (χ2v) is 12.3. The first-order valence-corrected chi connectivity index (χ1v) is 14.9. The average molecular weight is 575 g/mol. The van der Waals surface area contributed by atoms with Gasteiger partial charge in [0.25, 0.3) is 0 Å². The number of carboxylic acid groups (broad SMARTS) is 1. The molecule has 0 saturated heterocycles. The molecular weight excluding hydrogens is 544 g/mol. The SMILES string of the molecule is CC(=O)Nc1ccc(S(=O)(=O)NC(C=O)CC(=O)O)c(O[C@H](C)C(SCC2CC2)n2cnc3ccccc32)c1. The number of aldehydes is 1. The van der Waals surface area contributed by atoms with E-state index in [0.29, 0.717) is 11.6 Å². The fourth-order valence-corrected chi connectivity index (χ4v) is 6.81. The number of thioether (sulfide) groups is 1. The molecule has 1 saturated carbocycles. The molecule has 4 rings (SSSR count). The van der Waals surface area contributed by atoms with Crippen LogP contribution in [0.2, 0.25) is 0 Å². The molecule has 0 radical (unpaired) electrons. The van der Waals surface area contributed by atoms with E-state index in [1.807, 2.05) is 35.8 Å². The number of aliphatic carboxylic acids is 1. The number of ether oxygens (including phenoxy) is 1. The summed E-state index contributed by atoms with van der Waals surface area (Å²) in [7, 11) is -4.38. The Kier molecular flexibility index (Phi) is 8.93. The number of rotatable bonds is 14. The highest BCUT2D eigenvalue weighted by atomic mass is 32.2. The van der Waals surface area contributed by atoms with Crippen molar-refractivity contribution in [1.29, 1.82) is 0 Å². The maximum absolute atomic E-state index is 13.3. The van der Waals surface area contributed by atoms with Crippen LogP contribution in [0.25, 0.3) is 11.0 Å². The van der Waals surface area contributed by atoms with Gasteiger partial charge in [0.1, 0.15) is 28.4 Å². The van der Waals surface area contributed by atoms with Gasteiger partial charge in [-0.15, -0.1) is 11.8 Å². The van der Waals surface area contributed by atoms with Gasteiger partial charge < -0.3 is 24.5 Å². The number of nitrogens with zero attached hydrogens (tertiary/aromatic N) is 2. The van der Waals surface area contributed by atoms with Gasteiger partial charge in [-0.05, 0) is 55.7 Å². The molecule has 3 aromatic rings. The van der Waals surface area contributed by atoms with Crippen LogP contribution in [-0.4, -0.2) is 59.1 Å². The van der Waals surface area contributed by atoms with Crippen molar-refractivity contribution >= 4 is 56.7 Å². The number of anilines is 1. The summed E-state index contributed by atoms with van der Waals surface area (Å²) < 4.78 is 37.0. The highest BCUT2D eigenvalue weighted by Crippen LogP contribution is 2.40. The van der Waals surface area contributed by atoms with Gasteiger partial charge in [0.2, 0.25) is 15.9 Å². The quantitative estimate of drug-likeness (QED) is 0.245. The first kappa shape index (κ1) is 28.6. The van der Waals surface area contributed by atoms with Crippen LogP contribution in [0.3, 0.4) is 0 Å². The van der Waals surface area contributed by atoms with Crippen molar-refractivity contribution in [2.75, 3.05) is 11.1 Å². The molecule has 13 heteroatoms. The van der Waals surface area contributed by atoms with E-state index in [1.54, 1.807) is 18.1 Å². The number of nitrogens with one attached hydrogen (secondary N) is 2. The zero-order valence-electron chi connectivity index (χ0n) is 21.4. The number of hydrogen-bond acceptors (Lipinski definition) is 8. The van der Waals surface area contributed by atoms with Gasteiger partial charge in [-0.2, -0.15) is 0 Å². The van der Waals surface area contributed by atoms with Gasteiger partial charge in [-0.25, -0.2) is 18.1 Å². The smallest absolute Gasteiger partial charge is 0.305 e. The van der Waals surface area contributed by atoms with Crippen molar-refractivity contribution in [3.8, 4) is 5.75 Å². The Bertz CT molecular complexity index is 1470. The molecule has 1 fully saturated rings. The molecule has 208 valence electrons. The summed E-state index contributed by atoms with van der Waals surface area (Å²) in [4.78, 5) is 38.3.